The molecule has 0 spiro atoms. The van der Waals surface area contributed by atoms with Crippen molar-refractivity contribution in [3.63, 3.8) is 0 Å². The van der Waals surface area contributed by atoms with Crippen molar-refractivity contribution in [3.05, 3.63) is 94.8 Å². The van der Waals surface area contributed by atoms with Gasteiger partial charge in [-0.2, -0.15) is 10.1 Å². The zero-order chi connectivity index (χ0) is 25.4. The third-order valence-corrected chi connectivity index (χ3v) is 5.98. The summed E-state index contributed by atoms with van der Waals surface area (Å²) in [5.41, 5.74) is 14.2. The number of aryl methyl sites for hydroxylation is 1. The number of nitrogens with one attached hydrogen (secondary N) is 1. The highest BCUT2D eigenvalue weighted by Crippen LogP contribution is 2.30. The first kappa shape index (κ1) is 22.8. The van der Waals surface area contributed by atoms with Gasteiger partial charge in [0.05, 0.1) is 23.2 Å². The van der Waals surface area contributed by atoms with Crippen LogP contribution in [0.15, 0.2) is 78.0 Å². The highest BCUT2D eigenvalue weighted by Gasteiger charge is 2.21. The Kier molecular flexibility index (Phi) is 5.69. The molecule has 1 amide bonds. The Labute approximate surface area is 206 Å². The van der Waals surface area contributed by atoms with E-state index in [-0.39, 0.29) is 22.9 Å². The molecule has 0 fully saturated rings. The number of nitrogens with zero attached hydrogens (tertiary/aromatic N) is 5. The van der Waals surface area contributed by atoms with Crippen molar-refractivity contribution in [1.82, 2.24) is 24.3 Å². The van der Waals surface area contributed by atoms with Gasteiger partial charge < -0.3 is 16.8 Å². The van der Waals surface area contributed by atoms with Crippen LogP contribution in [0, 0.1) is 0 Å². The van der Waals surface area contributed by atoms with Crippen LogP contribution >= 0.6 is 0 Å². The number of para-hydroxylation sites is 1. The summed E-state index contributed by atoms with van der Waals surface area (Å²) in [5, 5.41) is 8.82. The molecule has 5 rings (SSSR count). The van der Waals surface area contributed by atoms with Gasteiger partial charge in [0.1, 0.15) is 5.82 Å². The second kappa shape index (κ2) is 8.99. The van der Waals surface area contributed by atoms with Crippen LogP contribution < -0.4 is 22.3 Å². The second-order valence-corrected chi connectivity index (χ2v) is 8.44. The van der Waals surface area contributed by atoms with E-state index in [4.69, 9.17) is 11.5 Å². The molecule has 3 aromatic heterocycles. The summed E-state index contributed by atoms with van der Waals surface area (Å²) in [4.78, 5) is 34.1. The molecule has 10 nitrogen and oxygen atoms in total. The number of aromatic nitrogens is 5. The van der Waals surface area contributed by atoms with Crippen molar-refractivity contribution in [2.24, 2.45) is 12.8 Å². The summed E-state index contributed by atoms with van der Waals surface area (Å²) >= 11 is 0. The molecule has 0 saturated heterocycles. The van der Waals surface area contributed by atoms with E-state index in [1.54, 1.807) is 15.4 Å². The van der Waals surface area contributed by atoms with Gasteiger partial charge in [-0.25, -0.2) is 4.98 Å². The number of carbonyl (C=O) groups is 1. The Balaban J connectivity index is 1.74. The Morgan fingerprint density at radius 1 is 1.08 bits per heavy atom. The number of benzene rings is 2. The Bertz CT molecular complexity index is 1660. The minimum Gasteiger partial charge on any atom is -0.368 e. The van der Waals surface area contributed by atoms with Crippen LogP contribution in [0.3, 0.4) is 0 Å². The summed E-state index contributed by atoms with van der Waals surface area (Å²) in [6.45, 7) is 1.87. The van der Waals surface area contributed by atoms with Crippen LogP contribution in [0.4, 0.5) is 11.8 Å². The number of hydrogen-bond donors (Lipinski definition) is 3. The fourth-order valence-electron chi connectivity index (χ4n) is 4.31. The average molecular weight is 481 g/mol. The number of nitrogen functional groups attached to an aromatic ring is 1. The highest BCUT2D eigenvalue weighted by atomic mass is 16.1. The minimum absolute atomic E-state index is 0.00484. The topological polar surface area (TPSA) is 147 Å². The maximum atomic E-state index is 14.1. The lowest BCUT2D eigenvalue weighted by atomic mass is 9.99. The Hall–Kier alpha value is -4.99. The van der Waals surface area contributed by atoms with Crippen LogP contribution in [0.25, 0.3) is 27.6 Å². The summed E-state index contributed by atoms with van der Waals surface area (Å²) in [6.07, 6.45) is 4.90. The molecule has 0 bridgehead atoms. The van der Waals surface area contributed by atoms with E-state index in [1.165, 1.54) is 6.20 Å². The van der Waals surface area contributed by atoms with E-state index in [2.05, 4.69) is 20.4 Å². The number of rotatable bonds is 6. The predicted molar refractivity (Wildman–Crippen MR) is 139 cm³/mol. The lowest BCUT2D eigenvalue weighted by Crippen LogP contribution is -2.26. The number of pyridine rings is 1. The Morgan fingerprint density at radius 2 is 1.86 bits per heavy atom. The van der Waals surface area contributed by atoms with E-state index in [0.717, 1.165) is 16.5 Å². The molecule has 0 aliphatic carbocycles. The molecule has 3 heterocycles. The van der Waals surface area contributed by atoms with E-state index in [9.17, 15) is 9.59 Å². The van der Waals surface area contributed by atoms with E-state index < -0.39 is 11.9 Å². The van der Waals surface area contributed by atoms with Crippen LogP contribution in [0.5, 0.6) is 0 Å². The SMILES string of the molecule is CC(Nc1nc(N)ncc1C(N)=O)c1cc2cccc(-c3cnn(C)c3)c2c(=O)n1-c1ccccc1. The molecule has 0 aliphatic rings. The van der Waals surface area contributed by atoms with Gasteiger partial charge in [-0.05, 0) is 36.1 Å². The first-order valence-corrected chi connectivity index (χ1v) is 11.3. The zero-order valence-electron chi connectivity index (χ0n) is 19.7. The molecular formula is C26H24N8O2. The molecule has 5 aromatic rings. The third kappa shape index (κ3) is 4.05. The fraction of sp³-hybridized carbons (Fsp3) is 0.115. The first-order valence-electron chi connectivity index (χ1n) is 11.3. The van der Waals surface area contributed by atoms with Crippen LogP contribution in [0.1, 0.15) is 29.0 Å². The number of nitrogens with two attached hydrogens (primary N) is 2. The number of anilines is 2. The number of primary amides is 1. The second-order valence-electron chi connectivity index (χ2n) is 8.44. The quantitative estimate of drug-likeness (QED) is 0.338. The largest absolute Gasteiger partial charge is 0.368 e. The van der Waals surface area contributed by atoms with Crippen LogP contribution in [-0.2, 0) is 7.05 Å². The van der Waals surface area contributed by atoms with E-state index >= 15 is 0 Å². The van der Waals surface area contributed by atoms with Gasteiger partial charge in [0, 0.05) is 36.4 Å². The molecule has 0 aliphatic heterocycles. The smallest absolute Gasteiger partial charge is 0.263 e. The molecule has 1 unspecified atom stereocenters. The summed E-state index contributed by atoms with van der Waals surface area (Å²) < 4.78 is 3.36. The van der Waals surface area contributed by atoms with Gasteiger partial charge in [0.15, 0.2) is 0 Å². The number of amides is 1. The van der Waals surface area contributed by atoms with Gasteiger partial charge in [0.25, 0.3) is 11.5 Å². The molecule has 180 valence electrons. The zero-order valence-corrected chi connectivity index (χ0v) is 19.7. The van der Waals surface area contributed by atoms with Crippen LogP contribution in [0.2, 0.25) is 0 Å². The lowest BCUT2D eigenvalue weighted by Gasteiger charge is -2.22. The normalized spacial score (nSPS) is 11.9. The molecule has 10 heteroatoms. The molecule has 0 saturated carbocycles. The molecule has 2 aromatic carbocycles. The monoisotopic (exact) mass is 480 g/mol. The molecule has 0 radical (unpaired) electrons. The number of fused-ring (bicyclic) bond motifs is 1. The van der Waals surface area contributed by atoms with Gasteiger partial charge in [0.2, 0.25) is 5.95 Å². The number of hydrogen-bond acceptors (Lipinski definition) is 7. The molecule has 5 N–H and O–H groups in total. The molecule has 1 atom stereocenters. The standard InChI is InChI=1S/C26H24N8O2/c1-15(31-24-20(23(27)35)13-29-26(28)32-24)21-11-16-7-6-10-19(17-12-30-33(2)14-17)22(16)25(36)34(21)18-8-4-3-5-9-18/h3-15H,1-2H3,(H2,27,35)(H3,28,29,31,32). The summed E-state index contributed by atoms with van der Waals surface area (Å²) in [5.74, 6) is -0.502. The lowest BCUT2D eigenvalue weighted by molar-refractivity contribution is 0.100. The van der Waals surface area contributed by atoms with Gasteiger partial charge >= 0.3 is 0 Å². The van der Waals surface area contributed by atoms with Crippen molar-refractivity contribution in [2.75, 3.05) is 11.1 Å². The van der Waals surface area contributed by atoms with Gasteiger partial charge in [-0.3, -0.25) is 18.8 Å². The van der Waals surface area contributed by atoms with Gasteiger partial charge in [-0.15, -0.1) is 0 Å². The third-order valence-electron chi connectivity index (χ3n) is 5.98. The molecule has 36 heavy (non-hydrogen) atoms. The van der Waals surface area contributed by atoms with Crippen LogP contribution in [-0.4, -0.2) is 30.2 Å². The maximum absolute atomic E-state index is 14.1. The van der Waals surface area contributed by atoms with E-state index in [0.29, 0.717) is 16.8 Å². The Morgan fingerprint density at radius 3 is 2.56 bits per heavy atom. The van der Waals surface area contributed by atoms with Gasteiger partial charge in [-0.1, -0.05) is 36.4 Å². The van der Waals surface area contributed by atoms with Crippen molar-refractivity contribution >= 4 is 28.4 Å². The van der Waals surface area contributed by atoms with Crippen molar-refractivity contribution < 1.29 is 4.79 Å². The van der Waals surface area contributed by atoms with Crippen molar-refractivity contribution in [3.8, 4) is 16.8 Å². The molecular weight excluding hydrogens is 456 g/mol. The minimum atomic E-state index is -0.690. The summed E-state index contributed by atoms with van der Waals surface area (Å²) in [6, 6.07) is 16.6. The highest BCUT2D eigenvalue weighted by molar-refractivity contribution is 5.98. The van der Waals surface area contributed by atoms with E-state index in [1.807, 2.05) is 74.8 Å². The fourth-order valence-corrected chi connectivity index (χ4v) is 4.31. The van der Waals surface area contributed by atoms with Crippen molar-refractivity contribution in [2.45, 2.75) is 13.0 Å². The summed E-state index contributed by atoms with van der Waals surface area (Å²) in [7, 11) is 1.84. The first-order chi connectivity index (χ1) is 17.3. The number of carbonyl (C=O) groups excluding carboxylic acids is 1. The average Bonchev–Trinajstić information content (AvgIpc) is 3.30. The van der Waals surface area contributed by atoms with Crippen molar-refractivity contribution in [1.29, 1.82) is 0 Å². The maximum Gasteiger partial charge on any atom is 0.263 e. The predicted octanol–water partition coefficient (Wildman–Crippen LogP) is 3.04.